The van der Waals surface area contributed by atoms with E-state index in [9.17, 15) is 23.5 Å². The van der Waals surface area contributed by atoms with Crippen LogP contribution in [0.1, 0.15) is 17.2 Å². The Bertz CT molecular complexity index is 888. The van der Waals surface area contributed by atoms with Crippen molar-refractivity contribution < 1.29 is 23.5 Å². The Labute approximate surface area is 154 Å². The molecule has 2 amide bonds. The maximum absolute atomic E-state index is 13.5. The van der Waals surface area contributed by atoms with Gasteiger partial charge in [-0.15, -0.1) is 0 Å². The molecule has 3 N–H and O–H groups in total. The number of hydrogen-bond acceptors (Lipinski definition) is 4. The maximum Gasteiger partial charge on any atom is 0.313 e. The topological polar surface area (TPSA) is 81.7 Å². The predicted molar refractivity (Wildman–Crippen MR) is 96.4 cm³/mol. The quantitative estimate of drug-likeness (QED) is 0.711. The van der Waals surface area contributed by atoms with E-state index in [4.69, 9.17) is 0 Å². The van der Waals surface area contributed by atoms with Gasteiger partial charge in [0.15, 0.2) is 0 Å². The first-order valence-electron chi connectivity index (χ1n) is 8.41. The second-order valence-corrected chi connectivity index (χ2v) is 6.36. The molecule has 1 atom stereocenters. The highest BCUT2D eigenvalue weighted by molar-refractivity contribution is 6.39. The van der Waals surface area contributed by atoms with Crippen LogP contribution in [-0.2, 0) is 16.0 Å². The van der Waals surface area contributed by atoms with Crippen LogP contribution in [0.4, 0.5) is 20.2 Å². The van der Waals surface area contributed by atoms with Gasteiger partial charge >= 0.3 is 11.8 Å². The van der Waals surface area contributed by atoms with E-state index in [1.807, 2.05) is 24.5 Å². The van der Waals surface area contributed by atoms with E-state index < -0.39 is 35.2 Å². The van der Waals surface area contributed by atoms with Crippen molar-refractivity contribution >= 4 is 23.2 Å². The SMILES string of the molecule is CN1CCc2cc(C(O)CNC(=O)C(=O)Nc3cc(F)ccc3F)ccc21. The number of halogens is 2. The Morgan fingerprint density at radius 2 is 1.96 bits per heavy atom. The summed E-state index contributed by atoms with van der Waals surface area (Å²) in [4.78, 5) is 25.8. The Balaban J connectivity index is 1.57. The van der Waals surface area contributed by atoms with Crippen molar-refractivity contribution in [3.63, 3.8) is 0 Å². The maximum atomic E-state index is 13.5. The highest BCUT2D eigenvalue weighted by Gasteiger charge is 2.20. The summed E-state index contributed by atoms with van der Waals surface area (Å²) >= 11 is 0. The molecule has 2 aromatic rings. The van der Waals surface area contributed by atoms with Crippen molar-refractivity contribution in [1.29, 1.82) is 0 Å². The summed E-state index contributed by atoms with van der Waals surface area (Å²) in [5.74, 6) is -3.81. The van der Waals surface area contributed by atoms with Gasteiger partial charge in [-0.2, -0.15) is 0 Å². The van der Waals surface area contributed by atoms with Crippen LogP contribution in [0.15, 0.2) is 36.4 Å². The number of fused-ring (bicyclic) bond motifs is 1. The zero-order valence-electron chi connectivity index (χ0n) is 14.6. The lowest BCUT2D eigenvalue weighted by molar-refractivity contribution is -0.136. The van der Waals surface area contributed by atoms with Crippen LogP contribution in [0.2, 0.25) is 0 Å². The third-order valence-corrected chi connectivity index (χ3v) is 4.45. The van der Waals surface area contributed by atoms with Crippen LogP contribution < -0.4 is 15.5 Å². The molecule has 1 heterocycles. The number of likely N-dealkylation sites (N-methyl/N-ethyl adjacent to an activating group) is 1. The molecule has 8 heteroatoms. The van der Waals surface area contributed by atoms with Crippen molar-refractivity contribution in [2.24, 2.45) is 0 Å². The molecule has 0 saturated carbocycles. The van der Waals surface area contributed by atoms with Crippen LogP contribution in [0.25, 0.3) is 0 Å². The van der Waals surface area contributed by atoms with Gasteiger partial charge in [-0.05, 0) is 35.7 Å². The molecular weight excluding hydrogens is 356 g/mol. The molecule has 1 unspecified atom stereocenters. The standard InChI is InChI=1S/C19H19F2N3O3/c1-24-7-6-11-8-12(2-5-16(11)24)17(25)10-22-18(26)19(27)23-15-9-13(20)3-4-14(15)21/h2-5,8-9,17,25H,6-7,10H2,1H3,(H,22,26)(H,23,27). The van der Waals surface area contributed by atoms with E-state index in [-0.39, 0.29) is 6.54 Å². The average molecular weight is 375 g/mol. The van der Waals surface area contributed by atoms with Crippen molar-refractivity contribution in [3.8, 4) is 0 Å². The van der Waals surface area contributed by atoms with E-state index in [2.05, 4.69) is 10.2 Å². The smallest absolute Gasteiger partial charge is 0.313 e. The van der Waals surface area contributed by atoms with Gasteiger partial charge < -0.3 is 20.6 Å². The van der Waals surface area contributed by atoms with Crippen molar-refractivity contribution in [2.45, 2.75) is 12.5 Å². The molecule has 27 heavy (non-hydrogen) atoms. The number of benzene rings is 2. The van der Waals surface area contributed by atoms with Gasteiger partial charge in [0, 0.05) is 31.9 Å². The molecule has 1 aliphatic rings. The number of rotatable bonds is 4. The summed E-state index contributed by atoms with van der Waals surface area (Å²) in [5, 5.41) is 14.5. The van der Waals surface area contributed by atoms with Gasteiger partial charge in [0.25, 0.3) is 0 Å². The van der Waals surface area contributed by atoms with E-state index in [1.54, 1.807) is 6.07 Å². The molecule has 0 fully saturated rings. The zero-order chi connectivity index (χ0) is 19.6. The van der Waals surface area contributed by atoms with Gasteiger partial charge in [-0.1, -0.05) is 12.1 Å². The third-order valence-electron chi connectivity index (χ3n) is 4.45. The van der Waals surface area contributed by atoms with Crippen molar-refractivity contribution in [1.82, 2.24) is 5.32 Å². The highest BCUT2D eigenvalue weighted by atomic mass is 19.1. The van der Waals surface area contributed by atoms with E-state index in [0.29, 0.717) is 5.56 Å². The second-order valence-electron chi connectivity index (χ2n) is 6.36. The number of nitrogens with one attached hydrogen (secondary N) is 2. The summed E-state index contributed by atoms with van der Waals surface area (Å²) in [6.07, 6.45) is -0.121. The highest BCUT2D eigenvalue weighted by Crippen LogP contribution is 2.29. The first-order valence-corrected chi connectivity index (χ1v) is 8.41. The fourth-order valence-corrected chi connectivity index (χ4v) is 2.95. The van der Waals surface area contributed by atoms with Crippen molar-refractivity contribution in [3.05, 3.63) is 59.2 Å². The molecule has 142 valence electrons. The molecule has 0 aliphatic carbocycles. The van der Waals surface area contributed by atoms with Crippen LogP contribution in [-0.4, -0.2) is 37.1 Å². The molecule has 0 aromatic heterocycles. The monoisotopic (exact) mass is 375 g/mol. The lowest BCUT2D eigenvalue weighted by atomic mass is 10.0. The van der Waals surface area contributed by atoms with Crippen LogP contribution >= 0.6 is 0 Å². The fraction of sp³-hybridized carbons (Fsp3) is 0.263. The van der Waals surface area contributed by atoms with E-state index in [0.717, 1.165) is 42.4 Å². The molecule has 1 aliphatic heterocycles. The van der Waals surface area contributed by atoms with E-state index >= 15 is 0 Å². The number of hydrogen-bond donors (Lipinski definition) is 3. The molecule has 6 nitrogen and oxygen atoms in total. The molecule has 0 spiro atoms. The third kappa shape index (κ3) is 4.22. The molecule has 3 rings (SSSR count). The number of aliphatic hydroxyl groups excluding tert-OH is 1. The van der Waals surface area contributed by atoms with Gasteiger partial charge in [0.1, 0.15) is 11.6 Å². The lowest BCUT2D eigenvalue weighted by Crippen LogP contribution is -2.37. The first kappa shape index (κ1) is 18.8. The van der Waals surface area contributed by atoms with Gasteiger partial charge in [-0.25, -0.2) is 8.78 Å². The first-order chi connectivity index (χ1) is 12.8. The van der Waals surface area contributed by atoms with Crippen LogP contribution in [0, 0.1) is 11.6 Å². The number of carbonyl (C=O) groups is 2. The average Bonchev–Trinajstić information content (AvgIpc) is 3.02. The van der Waals surface area contributed by atoms with Gasteiger partial charge in [0.05, 0.1) is 11.8 Å². The molecule has 0 saturated heterocycles. The Kier molecular flexibility index (Phi) is 5.36. The van der Waals surface area contributed by atoms with Crippen LogP contribution in [0.3, 0.4) is 0 Å². The molecular formula is C19H19F2N3O3. The largest absolute Gasteiger partial charge is 0.387 e. The normalized spacial score (nSPS) is 13.9. The molecule has 0 radical (unpaired) electrons. The second kappa shape index (κ2) is 7.71. The minimum Gasteiger partial charge on any atom is -0.387 e. The Hall–Kier alpha value is -3.00. The summed E-state index contributed by atoms with van der Waals surface area (Å²) < 4.78 is 26.6. The van der Waals surface area contributed by atoms with Crippen molar-refractivity contribution in [2.75, 3.05) is 30.4 Å². The summed E-state index contributed by atoms with van der Waals surface area (Å²) in [5.41, 5.74) is 2.41. The summed E-state index contributed by atoms with van der Waals surface area (Å²) in [7, 11) is 1.99. The number of anilines is 2. The number of amides is 2. The van der Waals surface area contributed by atoms with Gasteiger partial charge in [-0.3, -0.25) is 9.59 Å². The lowest BCUT2D eigenvalue weighted by Gasteiger charge is -2.15. The predicted octanol–water partition coefficient (Wildman–Crippen LogP) is 1.75. The summed E-state index contributed by atoms with van der Waals surface area (Å²) in [6, 6.07) is 8.06. The molecule has 2 aromatic carbocycles. The Morgan fingerprint density at radius 3 is 2.74 bits per heavy atom. The van der Waals surface area contributed by atoms with Gasteiger partial charge in [0.2, 0.25) is 0 Å². The minimum atomic E-state index is -1.15. The Morgan fingerprint density at radius 1 is 1.19 bits per heavy atom. The zero-order valence-corrected chi connectivity index (χ0v) is 14.6. The van der Waals surface area contributed by atoms with Crippen LogP contribution in [0.5, 0.6) is 0 Å². The van der Waals surface area contributed by atoms with E-state index in [1.165, 1.54) is 0 Å². The minimum absolute atomic E-state index is 0.188. The fourth-order valence-electron chi connectivity index (χ4n) is 2.95. The number of carbonyl (C=O) groups excluding carboxylic acids is 2. The molecule has 0 bridgehead atoms. The number of aliphatic hydroxyl groups is 1. The summed E-state index contributed by atoms with van der Waals surface area (Å²) in [6.45, 7) is 0.717. The number of nitrogens with zero attached hydrogens (tertiary/aromatic N) is 1.